The van der Waals surface area contributed by atoms with Gasteiger partial charge < -0.3 is 15.3 Å². The van der Waals surface area contributed by atoms with E-state index in [4.69, 9.17) is 11.6 Å². The second kappa shape index (κ2) is 10.1. The van der Waals surface area contributed by atoms with E-state index in [0.29, 0.717) is 29.7 Å². The van der Waals surface area contributed by atoms with Crippen LogP contribution in [0.3, 0.4) is 0 Å². The number of nitrogens with zero attached hydrogens (tertiary/aromatic N) is 3. The number of anilines is 1. The van der Waals surface area contributed by atoms with E-state index in [1.54, 1.807) is 12.1 Å². The van der Waals surface area contributed by atoms with Crippen molar-refractivity contribution in [2.45, 2.75) is 50.9 Å². The summed E-state index contributed by atoms with van der Waals surface area (Å²) in [6.45, 7) is 4.83. The summed E-state index contributed by atoms with van der Waals surface area (Å²) in [5.74, 6) is 0.724. The highest BCUT2D eigenvalue weighted by atomic mass is 35.5. The van der Waals surface area contributed by atoms with Crippen LogP contribution in [-0.2, 0) is 13.1 Å². The summed E-state index contributed by atoms with van der Waals surface area (Å²) in [6, 6.07) is 9.50. The van der Waals surface area contributed by atoms with Crippen LogP contribution in [0.2, 0.25) is 5.02 Å². The SMILES string of the molecule is OC1CCCN(c2cc(CNC3CCN(Cc4c(F)cccc4Cl)CC3)ccn2)C1. The van der Waals surface area contributed by atoms with Crippen LogP contribution in [0.1, 0.15) is 36.8 Å². The smallest absolute Gasteiger partial charge is 0.129 e. The molecule has 162 valence electrons. The van der Waals surface area contributed by atoms with E-state index in [1.807, 2.05) is 12.3 Å². The molecule has 0 aliphatic carbocycles. The number of pyridine rings is 1. The molecule has 1 atom stereocenters. The van der Waals surface area contributed by atoms with Crippen molar-refractivity contribution in [1.29, 1.82) is 0 Å². The molecule has 4 rings (SSSR count). The predicted molar refractivity (Wildman–Crippen MR) is 118 cm³/mol. The van der Waals surface area contributed by atoms with Crippen molar-refractivity contribution in [3.05, 3.63) is 58.5 Å². The fraction of sp³-hybridized carbons (Fsp3) is 0.522. The van der Waals surface area contributed by atoms with Crippen molar-refractivity contribution < 1.29 is 9.50 Å². The number of aromatic nitrogens is 1. The monoisotopic (exact) mass is 432 g/mol. The van der Waals surface area contributed by atoms with Gasteiger partial charge in [0.25, 0.3) is 0 Å². The van der Waals surface area contributed by atoms with Gasteiger partial charge in [-0.1, -0.05) is 17.7 Å². The van der Waals surface area contributed by atoms with Crippen molar-refractivity contribution in [1.82, 2.24) is 15.2 Å². The number of nitrogens with one attached hydrogen (secondary N) is 1. The van der Waals surface area contributed by atoms with Crippen LogP contribution in [0, 0.1) is 5.82 Å². The number of piperidine rings is 2. The molecule has 30 heavy (non-hydrogen) atoms. The summed E-state index contributed by atoms with van der Waals surface area (Å²) in [4.78, 5) is 8.94. The summed E-state index contributed by atoms with van der Waals surface area (Å²) >= 11 is 6.17. The third kappa shape index (κ3) is 5.49. The van der Waals surface area contributed by atoms with Crippen molar-refractivity contribution in [3.63, 3.8) is 0 Å². The van der Waals surface area contributed by atoms with Gasteiger partial charge in [-0.25, -0.2) is 9.37 Å². The lowest BCUT2D eigenvalue weighted by Gasteiger charge is -2.33. The first-order valence-electron chi connectivity index (χ1n) is 10.8. The Labute approximate surface area is 182 Å². The summed E-state index contributed by atoms with van der Waals surface area (Å²) in [5.41, 5.74) is 1.80. The molecule has 1 aromatic carbocycles. The maximum Gasteiger partial charge on any atom is 0.129 e. The van der Waals surface area contributed by atoms with Crippen LogP contribution >= 0.6 is 11.6 Å². The van der Waals surface area contributed by atoms with Crippen molar-refractivity contribution >= 4 is 17.4 Å². The highest BCUT2D eigenvalue weighted by molar-refractivity contribution is 6.31. The van der Waals surface area contributed by atoms with Crippen LogP contribution in [0.25, 0.3) is 0 Å². The van der Waals surface area contributed by atoms with Gasteiger partial charge >= 0.3 is 0 Å². The van der Waals surface area contributed by atoms with Crippen molar-refractivity contribution in [2.75, 3.05) is 31.1 Å². The summed E-state index contributed by atoms with van der Waals surface area (Å²) in [6.07, 6.45) is 5.53. The van der Waals surface area contributed by atoms with E-state index < -0.39 is 0 Å². The van der Waals surface area contributed by atoms with Crippen LogP contribution in [0.5, 0.6) is 0 Å². The standard InChI is InChI=1S/C23H30ClFN4O/c24-21-4-1-5-22(25)20(21)16-28-11-7-18(8-12-28)27-14-17-6-9-26-23(13-17)29-10-2-3-19(30)15-29/h1,4-6,9,13,18-19,27,30H,2-3,7-8,10-12,14-16H2. The number of likely N-dealkylation sites (tertiary alicyclic amines) is 1. The van der Waals surface area contributed by atoms with Crippen LogP contribution in [-0.4, -0.2) is 53.3 Å². The minimum absolute atomic E-state index is 0.225. The Morgan fingerprint density at radius 2 is 2.00 bits per heavy atom. The number of aliphatic hydroxyl groups is 1. The maximum atomic E-state index is 14.0. The molecular weight excluding hydrogens is 403 g/mol. The Kier molecular flexibility index (Phi) is 7.20. The minimum Gasteiger partial charge on any atom is -0.391 e. The molecule has 0 saturated carbocycles. The lowest BCUT2D eigenvalue weighted by Crippen LogP contribution is -2.42. The fourth-order valence-corrected chi connectivity index (χ4v) is 4.59. The number of β-amino-alcohol motifs (C(OH)–C–C–N with tert-alkyl or cyclic N) is 1. The van der Waals surface area contributed by atoms with Gasteiger partial charge in [0, 0.05) is 49.0 Å². The molecule has 2 aliphatic rings. The first-order chi connectivity index (χ1) is 14.6. The van der Waals surface area contributed by atoms with Gasteiger partial charge in [-0.2, -0.15) is 0 Å². The predicted octanol–water partition coefficient (Wildman–Crippen LogP) is 3.59. The minimum atomic E-state index is -0.258. The summed E-state index contributed by atoms with van der Waals surface area (Å²) in [5, 5.41) is 14.1. The number of hydrogen-bond donors (Lipinski definition) is 2. The van der Waals surface area contributed by atoms with Crippen molar-refractivity contribution in [3.8, 4) is 0 Å². The molecule has 1 aromatic heterocycles. The van der Waals surface area contributed by atoms with Gasteiger partial charge in [-0.05, 0) is 68.6 Å². The van der Waals surface area contributed by atoms with Crippen LogP contribution in [0.4, 0.5) is 10.2 Å². The molecule has 2 N–H and O–H groups in total. The Morgan fingerprint density at radius 1 is 1.17 bits per heavy atom. The Balaban J connectivity index is 1.25. The second-order valence-electron chi connectivity index (χ2n) is 8.40. The molecule has 0 radical (unpaired) electrons. The van der Waals surface area contributed by atoms with Gasteiger partial charge in [0.05, 0.1) is 6.10 Å². The van der Waals surface area contributed by atoms with Gasteiger partial charge in [0.2, 0.25) is 0 Å². The largest absolute Gasteiger partial charge is 0.391 e. The number of aliphatic hydroxyl groups excluding tert-OH is 1. The molecule has 0 bridgehead atoms. The zero-order valence-corrected chi connectivity index (χ0v) is 18.0. The molecule has 0 spiro atoms. The molecule has 2 aromatic rings. The van der Waals surface area contributed by atoms with Gasteiger partial charge in [-0.3, -0.25) is 4.90 Å². The average molecular weight is 433 g/mol. The summed E-state index contributed by atoms with van der Waals surface area (Å²) in [7, 11) is 0. The van der Waals surface area contributed by atoms with Gasteiger partial charge in [-0.15, -0.1) is 0 Å². The zero-order valence-electron chi connectivity index (χ0n) is 17.2. The lowest BCUT2D eigenvalue weighted by atomic mass is 10.0. The normalized spacial score (nSPS) is 21.2. The van der Waals surface area contributed by atoms with Crippen LogP contribution < -0.4 is 10.2 Å². The molecule has 7 heteroatoms. The fourth-order valence-electron chi connectivity index (χ4n) is 4.37. The number of hydrogen-bond acceptors (Lipinski definition) is 5. The van der Waals surface area contributed by atoms with Crippen molar-refractivity contribution in [2.24, 2.45) is 0 Å². The topological polar surface area (TPSA) is 51.6 Å². The van der Waals surface area contributed by atoms with Crippen LogP contribution in [0.15, 0.2) is 36.5 Å². The molecule has 2 fully saturated rings. The Morgan fingerprint density at radius 3 is 2.77 bits per heavy atom. The summed E-state index contributed by atoms with van der Waals surface area (Å²) < 4.78 is 14.0. The molecular formula is C23H30ClFN4O. The Bertz CT molecular complexity index is 823. The molecule has 0 amide bonds. The van der Waals surface area contributed by atoms with E-state index >= 15 is 0 Å². The number of halogens is 2. The average Bonchev–Trinajstić information content (AvgIpc) is 2.76. The van der Waals surface area contributed by atoms with E-state index in [1.165, 1.54) is 11.6 Å². The maximum absolute atomic E-state index is 14.0. The molecule has 5 nitrogen and oxygen atoms in total. The first kappa shape index (κ1) is 21.5. The lowest BCUT2D eigenvalue weighted by molar-refractivity contribution is 0.154. The highest BCUT2D eigenvalue weighted by Gasteiger charge is 2.21. The highest BCUT2D eigenvalue weighted by Crippen LogP contribution is 2.23. The third-order valence-corrected chi connectivity index (χ3v) is 6.51. The van der Waals surface area contributed by atoms with E-state index in [9.17, 15) is 9.50 Å². The zero-order chi connectivity index (χ0) is 20.9. The van der Waals surface area contributed by atoms with Gasteiger partial charge in [0.1, 0.15) is 11.6 Å². The van der Waals surface area contributed by atoms with Gasteiger partial charge in [0.15, 0.2) is 0 Å². The molecule has 1 unspecified atom stereocenters. The third-order valence-electron chi connectivity index (χ3n) is 6.16. The molecule has 2 aliphatic heterocycles. The van der Waals surface area contributed by atoms with E-state index in [-0.39, 0.29) is 11.9 Å². The Hall–Kier alpha value is -1.73. The second-order valence-corrected chi connectivity index (χ2v) is 8.80. The number of rotatable bonds is 6. The molecule has 2 saturated heterocycles. The quantitative estimate of drug-likeness (QED) is 0.730. The first-order valence-corrected chi connectivity index (χ1v) is 11.2. The van der Waals surface area contributed by atoms with E-state index in [2.05, 4.69) is 26.2 Å². The van der Waals surface area contributed by atoms with E-state index in [0.717, 1.165) is 57.7 Å². The number of benzene rings is 1. The molecule has 3 heterocycles.